The van der Waals surface area contributed by atoms with Gasteiger partial charge in [-0.3, -0.25) is 9.59 Å². The molecule has 8 heteroatoms. The normalized spacial score (nSPS) is 15.0. The number of nitrogens with zero attached hydrogens (tertiary/aromatic N) is 2. The number of carbonyl (C=O) groups excluding carboxylic acids is 3. The molecule has 1 aliphatic rings. The van der Waals surface area contributed by atoms with Crippen molar-refractivity contribution in [2.24, 2.45) is 0 Å². The predicted molar refractivity (Wildman–Crippen MR) is 94.1 cm³/mol. The van der Waals surface area contributed by atoms with Crippen LogP contribution in [0.3, 0.4) is 0 Å². The fourth-order valence-electron chi connectivity index (χ4n) is 3.10. The Kier molecular flexibility index (Phi) is 5.44. The standard InChI is InChI=1S/C19H19N3O5/c1-26-17(23)8-11-3-5-13-12(7-11)4-6-14(13)22-18(24)15-9-16(19(25)27-2)21-10-20-15/h3,5,7,9-10,14H,4,6,8H2,1-2H3,(H,22,24)/t14-/m0/s1. The minimum atomic E-state index is -0.629. The van der Waals surface area contributed by atoms with E-state index in [-0.39, 0.29) is 35.7 Å². The van der Waals surface area contributed by atoms with Crippen molar-refractivity contribution < 1.29 is 23.9 Å². The fraction of sp³-hybridized carbons (Fsp3) is 0.316. The first-order valence-electron chi connectivity index (χ1n) is 8.41. The molecule has 2 aromatic rings. The maximum absolute atomic E-state index is 12.5. The van der Waals surface area contributed by atoms with Crippen LogP contribution in [0.4, 0.5) is 0 Å². The molecule has 0 fully saturated rings. The highest BCUT2D eigenvalue weighted by Gasteiger charge is 2.25. The van der Waals surface area contributed by atoms with Crippen molar-refractivity contribution in [2.45, 2.75) is 25.3 Å². The molecular formula is C19H19N3O5. The van der Waals surface area contributed by atoms with Crippen molar-refractivity contribution >= 4 is 17.8 Å². The summed E-state index contributed by atoms with van der Waals surface area (Å²) >= 11 is 0. The summed E-state index contributed by atoms with van der Waals surface area (Å²) in [4.78, 5) is 43.2. The molecule has 1 amide bonds. The summed E-state index contributed by atoms with van der Waals surface area (Å²) in [5.41, 5.74) is 3.11. The smallest absolute Gasteiger partial charge is 0.356 e. The Morgan fingerprint density at radius 1 is 1.11 bits per heavy atom. The Morgan fingerprint density at radius 3 is 2.63 bits per heavy atom. The third-order valence-electron chi connectivity index (χ3n) is 4.46. The second-order valence-corrected chi connectivity index (χ2v) is 6.13. The van der Waals surface area contributed by atoms with E-state index in [9.17, 15) is 14.4 Å². The van der Waals surface area contributed by atoms with E-state index in [0.717, 1.165) is 35.9 Å². The number of fused-ring (bicyclic) bond motifs is 1. The van der Waals surface area contributed by atoms with Crippen LogP contribution in [0.1, 0.15) is 50.1 Å². The molecule has 140 valence electrons. The third-order valence-corrected chi connectivity index (χ3v) is 4.46. The zero-order valence-corrected chi connectivity index (χ0v) is 15.0. The minimum Gasteiger partial charge on any atom is -0.469 e. The van der Waals surface area contributed by atoms with Crippen LogP contribution in [0.15, 0.2) is 30.6 Å². The van der Waals surface area contributed by atoms with Crippen molar-refractivity contribution in [3.05, 3.63) is 58.7 Å². The molecule has 0 spiro atoms. The lowest BCUT2D eigenvalue weighted by atomic mass is 10.0. The van der Waals surface area contributed by atoms with Crippen LogP contribution in [0.2, 0.25) is 0 Å². The molecular weight excluding hydrogens is 350 g/mol. The van der Waals surface area contributed by atoms with Crippen molar-refractivity contribution in [3.8, 4) is 0 Å². The number of aromatic nitrogens is 2. The quantitative estimate of drug-likeness (QED) is 0.794. The number of amides is 1. The van der Waals surface area contributed by atoms with Crippen LogP contribution >= 0.6 is 0 Å². The number of ether oxygens (including phenoxy) is 2. The Labute approximate surface area is 155 Å². The Bertz CT molecular complexity index is 897. The molecule has 1 aromatic carbocycles. The number of methoxy groups -OCH3 is 2. The Hall–Kier alpha value is -3.29. The number of benzene rings is 1. The van der Waals surface area contributed by atoms with E-state index in [1.807, 2.05) is 18.2 Å². The molecule has 27 heavy (non-hydrogen) atoms. The molecule has 1 aromatic heterocycles. The lowest BCUT2D eigenvalue weighted by Crippen LogP contribution is -2.28. The maximum Gasteiger partial charge on any atom is 0.356 e. The van der Waals surface area contributed by atoms with Crippen LogP contribution in [-0.2, 0) is 27.1 Å². The molecule has 3 rings (SSSR count). The number of hydrogen-bond donors (Lipinski definition) is 1. The van der Waals surface area contributed by atoms with Crippen molar-refractivity contribution in [1.82, 2.24) is 15.3 Å². The highest BCUT2D eigenvalue weighted by atomic mass is 16.5. The molecule has 1 N–H and O–H groups in total. The van der Waals surface area contributed by atoms with Gasteiger partial charge in [0, 0.05) is 6.07 Å². The summed E-state index contributed by atoms with van der Waals surface area (Å²) in [6, 6.07) is 6.90. The zero-order chi connectivity index (χ0) is 19.4. The molecule has 1 atom stereocenters. The number of aryl methyl sites for hydroxylation is 1. The highest BCUT2D eigenvalue weighted by Crippen LogP contribution is 2.32. The number of rotatable bonds is 5. The van der Waals surface area contributed by atoms with Gasteiger partial charge in [-0.1, -0.05) is 18.2 Å². The lowest BCUT2D eigenvalue weighted by molar-refractivity contribution is -0.139. The van der Waals surface area contributed by atoms with Crippen molar-refractivity contribution in [2.75, 3.05) is 14.2 Å². The van der Waals surface area contributed by atoms with Gasteiger partial charge in [-0.15, -0.1) is 0 Å². The molecule has 0 saturated heterocycles. The van der Waals surface area contributed by atoms with Gasteiger partial charge in [0.15, 0.2) is 5.69 Å². The fourth-order valence-corrected chi connectivity index (χ4v) is 3.10. The largest absolute Gasteiger partial charge is 0.469 e. The monoisotopic (exact) mass is 369 g/mol. The molecule has 0 radical (unpaired) electrons. The molecule has 1 heterocycles. The van der Waals surface area contributed by atoms with Crippen LogP contribution in [0.25, 0.3) is 0 Å². The van der Waals surface area contributed by atoms with E-state index in [4.69, 9.17) is 0 Å². The average molecular weight is 369 g/mol. The molecule has 0 aliphatic heterocycles. The molecule has 0 unspecified atom stereocenters. The van der Waals surface area contributed by atoms with Gasteiger partial charge in [0.1, 0.15) is 12.0 Å². The van der Waals surface area contributed by atoms with E-state index >= 15 is 0 Å². The Morgan fingerprint density at radius 2 is 1.89 bits per heavy atom. The first-order chi connectivity index (χ1) is 13.0. The van der Waals surface area contributed by atoms with E-state index in [2.05, 4.69) is 24.8 Å². The SMILES string of the molecule is COC(=O)Cc1ccc2c(c1)CC[C@@H]2NC(=O)c1cc(C(=O)OC)ncn1. The van der Waals surface area contributed by atoms with Crippen LogP contribution in [0.5, 0.6) is 0 Å². The van der Waals surface area contributed by atoms with E-state index in [1.54, 1.807) is 0 Å². The van der Waals surface area contributed by atoms with Gasteiger partial charge < -0.3 is 14.8 Å². The van der Waals surface area contributed by atoms with Gasteiger partial charge in [-0.25, -0.2) is 14.8 Å². The summed E-state index contributed by atoms with van der Waals surface area (Å²) in [6.45, 7) is 0. The maximum atomic E-state index is 12.5. The number of esters is 2. The van der Waals surface area contributed by atoms with Gasteiger partial charge in [0.2, 0.25) is 0 Å². The minimum absolute atomic E-state index is 0.0249. The summed E-state index contributed by atoms with van der Waals surface area (Å²) in [6.07, 6.45) is 2.92. The number of hydrogen-bond acceptors (Lipinski definition) is 7. The second-order valence-electron chi connectivity index (χ2n) is 6.13. The average Bonchev–Trinajstić information content (AvgIpc) is 3.09. The molecule has 8 nitrogen and oxygen atoms in total. The van der Waals surface area contributed by atoms with Gasteiger partial charge in [-0.2, -0.15) is 0 Å². The Balaban J connectivity index is 1.72. The molecule has 0 saturated carbocycles. The first-order valence-corrected chi connectivity index (χ1v) is 8.41. The van der Waals surface area contributed by atoms with Gasteiger partial charge in [0.25, 0.3) is 5.91 Å². The first kappa shape index (κ1) is 18.5. The van der Waals surface area contributed by atoms with E-state index in [1.165, 1.54) is 20.3 Å². The number of carbonyl (C=O) groups is 3. The number of nitrogens with one attached hydrogen (secondary N) is 1. The molecule has 1 aliphatic carbocycles. The van der Waals surface area contributed by atoms with Gasteiger partial charge in [0.05, 0.1) is 26.7 Å². The topological polar surface area (TPSA) is 107 Å². The van der Waals surface area contributed by atoms with Crippen molar-refractivity contribution in [1.29, 1.82) is 0 Å². The summed E-state index contributed by atoms with van der Waals surface area (Å²) < 4.78 is 9.29. The van der Waals surface area contributed by atoms with Crippen LogP contribution in [0, 0.1) is 0 Å². The van der Waals surface area contributed by atoms with Crippen molar-refractivity contribution in [3.63, 3.8) is 0 Å². The van der Waals surface area contributed by atoms with Gasteiger partial charge in [-0.05, 0) is 29.5 Å². The summed E-state index contributed by atoms with van der Waals surface area (Å²) in [5.74, 6) is -1.31. The second kappa shape index (κ2) is 7.94. The predicted octanol–water partition coefficient (Wildman–Crippen LogP) is 1.40. The van der Waals surface area contributed by atoms with Crippen LogP contribution in [-0.4, -0.2) is 42.0 Å². The summed E-state index contributed by atoms with van der Waals surface area (Å²) in [7, 11) is 2.61. The molecule has 0 bridgehead atoms. The zero-order valence-electron chi connectivity index (χ0n) is 15.0. The third kappa shape index (κ3) is 4.11. The van der Waals surface area contributed by atoms with Crippen LogP contribution < -0.4 is 5.32 Å². The summed E-state index contributed by atoms with van der Waals surface area (Å²) in [5, 5.41) is 2.93. The highest BCUT2D eigenvalue weighted by molar-refractivity contribution is 5.95. The van der Waals surface area contributed by atoms with Gasteiger partial charge >= 0.3 is 11.9 Å². The van der Waals surface area contributed by atoms with E-state index in [0.29, 0.717) is 0 Å². The van der Waals surface area contributed by atoms with E-state index < -0.39 is 5.97 Å². The lowest BCUT2D eigenvalue weighted by Gasteiger charge is -2.14.